The summed E-state index contributed by atoms with van der Waals surface area (Å²) in [5.41, 5.74) is 4.14. The molecule has 90 valence electrons. The molecular weight excluding hydrogens is 238 g/mol. The Morgan fingerprint density at radius 3 is 2.59 bits per heavy atom. The summed E-state index contributed by atoms with van der Waals surface area (Å²) in [5.74, 6) is 6.48. The number of aryl methyl sites for hydroxylation is 3. The smallest absolute Gasteiger partial charge is 0.262 e. The Balaban J connectivity index is 2.26. The first-order valence-electron chi connectivity index (χ1n) is 5.02. The van der Waals surface area contributed by atoms with E-state index in [1.54, 1.807) is 0 Å². The van der Waals surface area contributed by atoms with Gasteiger partial charge in [0.1, 0.15) is 10.8 Å². The molecule has 2 aromatic heterocycles. The molecule has 7 heteroatoms. The number of nitrogens with zero attached hydrogens (tertiary/aromatic N) is 3. The second-order valence-electron chi connectivity index (χ2n) is 3.54. The van der Waals surface area contributed by atoms with Crippen LogP contribution in [-0.2, 0) is 0 Å². The molecule has 0 aliphatic heterocycles. The van der Waals surface area contributed by atoms with Crippen molar-refractivity contribution in [3.8, 4) is 0 Å². The van der Waals surface area contributed by atoms with Crippen LogP contribution in [0.3, 0.4) is 0 Å². The zero-order valence-electron chi connectivity index (χ0n) is 9.81. The lowest BCUT2D eigenvalue weighted by molar-refractivity contribution is 0.431. The third-order valence-electron chi connectivity index (χ3n) is 2.16. The van der Waals surface area contributed by atoms with E-state index in [1.807, 2.05) is 26.8 Å². The second kappa shape index (κ2) is 4.72. The highest BCUT2D eigenvalue weighted by Crippen LogP contribution is 2.27. The van der Waals surface area contributed by atoms with Gasteiger partial charge in [0, 0.05) is 5.69 Å². The lowest BCUT2D eigenvalue weighted by atomic mass is 10.4. The van der Waals surface area contributed by atoms with Gasteiger partial charge in [0.25, 0.3) is 5.22 Å². The van der Waals surface area contributed by atoms with E-state index >= 15 is 0 Å². The maximum absolute atomic E-state index is 5.47. The van der Waals surface area contributed by atoms with E-state index in [4.69, 9.17) is 10.3 Å². The van der Waals surface area contributed by atoms with Crippen LogP contribution in [0.25, 0.3) is 0 Å². The molecule has 0 saturated carbocycles. The topological polar surface area (TPSA) is 89.9 Å². The number of rotatable bonds is 3. The maximum Gasteiger partial charge on any atom is 0.262 e. The molecule has 0 bridgehead atoms. The quantitative estimate of drug-likeness (QED) is 0.488. The maximum atomic E-state index is 5.47. The van der Waals surface area contributed by atoms with Crippen LogP contribution in [0.2, 0.25) is 0 Å². The fourth-order valence-corrected chi connectivity index (χ4v) is 2.12. The van der Waals surface area contributed by atoms with Gasteiger partial charge in [0.15, 0.2) is 0 Å². The van der Waals surface area contributed by atoms with Crippen molar-refractivity contribution in [2.45, 2.75) is 31.0 Å². The minimum absolute atomic E-state index is 0.382. The number of hydrogen-bond donors (Lipinski definition) is 2. The number of nitrogens with two attached hydrogens (primary N) is 1. The van der Waals surface area contributed by atoms with Gasteiger partial charge in [0.2, 0.25) is 5.95 Å². The zero-order chi connectivity index (χ0) is 12.4. The van der Waals surface area contributed by atoms with Crippen LogP contribution in [-0.4, -0.2) is 15.0 Å². The van der Waals surface area contributed by atoms with Gasteiger partial charge in [-0.15, -0.1) is 0 Å². The molecule has 17 heavy (non-hydrogen) atoms. The lowest BCUT2D eigenvalue weighted by Crippen LogP contribution is -2.11. The summed E-state index contributed by atoms with van der Waals surface area (Å²) in [6.45, 7) is 5.66. The number of oxazole rings is 1. The van der Waals surface area contributed by atoms with Crippen molar-refractivity contribution >= 4 is 17.7 Å². The predicted octanol–water partition coefficient (Wildman–Crippen LogP) is 1.83. The minimum Gasteiger partial charge on any atom is -0.436 e. The molecule has 0 radical (unpaired) electrons. The van der Waals surface area contributed by atoms with Crippen molar-refractivity contribution in [2.24, 2.45) is 5.84 Å². The highest BCUT2D eigenvalue weighted by atomic mass is 32.2. The van der Waals surface area contributed by atoms with Gasteiger partial charge in [-0.05, 0) is 38.6 Å². The van der Waals surface area contributed by atoms with Gasteiger partial charge >= 0.3 is 0 Å². The van der Waals surface area contributed by atoms with Crippen LogP contribution in [0.4, 0.5) is 5.95 Å². The normalized spacial score (nSPS) is 10.6. The Hall–Kier alpha value is -1.60. The van der Waals surface area contributed by atoms with Gasteiger partial charge in [-0.25, -0.2) is 20.8 Å². The van der Waals surface area contributed by atoms with E-state index in [9.17, 15) is 0 Å². The molecule has 0 atom stereocenters. The number of aromatic nitrogens is 3. The van der Waals surface area contributed by atoms with Gasteiger partial charge in [-0.1, -0.05) is 0 Å². The lowest BCUT2D eigenvalue weighted by Gasteiger charge is -2.02. The summed E-state index contributed by atoms with van der Waals surface area (Å²) < 4.78 is 5.47. The molecule has 0 amide bonds. The number of nitrogen functional groups attached to an aromatic ring is 1. The molecule has 0 aliphatic carbocycles. The first-order chi connectivity index (χ1) is 8.08. The van der Waals surface area contributed by atoms with Crippen molar-refractivity contribution in [1.82, 2.24) is 15.0 Å². The average molecular weight is 251 g/mol. The molecule has 3 N–H and O–H groups in total. The SMILES string of the molecule is Cc1cc(Sc2nc(C)c(C)o2)nc(NN)n1. The highest BCUT2D eigenvalue weighted by molar-refractivity contribution is 7.99. The van der Waals surface area contributed by atoms with Gasteiger partial charge < -0.3 is 4.42 Å². The second-order valence-corrected chi connectivity index (χ2v) is 4.51. The molecule has 2 aromatic rings. The van der Waals surface area contributed by atoms with E-state index in [2.05, 4.69) is 20.4 Å². The van der Waals surface area contributed by atoms with E-state index in [0.29, 0.717) is 11.2 Å². The minimum atomic E-state index is 0.382. The largest absolute Gasteiger partial charge is 0.436 e. The number of anilines is 1. The summed E-state index contributed by atoms with van der Waals surface area (Å²) in [5, 5.41) is 1.31. The predicted molar refractivity (Wildman–Crippen MR) is 64.7 cm³/mol. The third-order valence-corrected chi connectivity index (χ3v) is 2.93. The van der Waals surface area contributed by atoms with Gasteiger partial charge in [-0.2, -0.15) is 0 Å². The number of nitrogens with one attached hydrogen (secondary N) is 1. The Morgan fingerprint density at radius 1 is 1.24 bits per heavy atom. The van der Waals surface area contributed by atoms with E-state index < -0.39 is 0 Å². The number of hydrogen-bond acceptors (Lipinski definition) is 7. The molecular formula is C10H13N5OS. The first-order valence-corrected chi connectivity index (χ1v) is 5.84. The molecule has 0 saturated heterocycles. The molecule has 2 rings (SSSR count). The molecule has 0 aliphatic rings. The van der Waals surface area contributed by atoms with Crippen LogP contribution in [0.5, 0.6) is 0 Å². The molecule has 0 spiro atoms. The van der Waals surface area contributed by atoms with E-state index in [1.165, 1.54) is 11.8 Å². The van der Waals surface area contributed by atoms with E-state index in [-0.39, 0.29) is 0 Å². The Kier molecular flexibility index (Phi) is 3.30. The Morgan fingerprint density at radius 2 is 2.00 bits per heavy atom. The Bertz CT molecular complexity index is 520. The fourth-order valence-electron chi connectivity index (χ4n) is 1.23. The summed E-state index contributed by atoms with van der Waals surface area (Å²) in [6.07, 6.45) is 0. The zero-order valence-corrected chi connectivity index (χ0v) is 10.6. The Labute approximate surface area is 103 Å². The molecule has 0 aromatic carbocycles. The summed E-state index contributed by atoms with van der Waals surface area (Å²) in [4.78, 5) is 12.6. The van der Waals surface area contributed by atoms with E-state index in [0.717, 1.165) is 22.2 Å². The van der Waals surface area contributed by atoms with Crippen LogP contribution in [0, 0.1) is 20.8 Å². The average Bonchev–Trinajstić information content (AvgIpc) is 2.57. The van der Waals surface area contributed by atoms with Crippen molar-refractivity contribution in [1.29, 1.82) is 0 Å². The van der Waals surface area contributed by atoms with Crippen molar-refractivity contribution in [2.75, 3.05) is 5.43 Å². The van der Waals surface area contributed by atoms with Crippen LogP contribution < -0.4 is 11.3 Å². The van der Waals surface area contributed by atoms with Crippen LogP contribution in [0.1, 0.15) is 17.1 Å². The van der Waals surface area contributed by atoms with Crippen LogP contribution in [0.15, 0.2) is 20.7 Å². The first kappa shape index (κ1) is 11.9. The van der Waals surface area contributed by atoms with Crippen molar-refractivity contribution in [3.63, 3.8) is 0 Å². The van der Waals surface area contributed by atoms with Gasteiger partial charge in [-0.3, -0.25) is 5.43 Å². The molecule has 6 nitrogen and oxygen atoms in total. The fraction of sp³-hybridized carbons (Fsp3) is 0.300. The molecule has 0 unspecified atom stereocenters. The molecule has 2 heterocycles. The molecule has 0 fully saturated rings. The van der Waals surface area contributed by atoms with Crippen LogP contribution >= 0.6 is 11.8 Å². The number of hydrazine groups is 1. The third kappa shape index (κ3) is 2.75. The summed E-state index contributed by atoms with van der Waals surface area (Å²) in [6, 6.07) is 1.85. The highest BCUT2D eigenvalue weighted by Gasteiger charge is 2.09. The summed E-state index contributed by atoms with van der Waals surface area (Å²) >= 11 is 1.34. The summed E-state index contributed by atoms with van der Waals surface area (Å²) in [7, 11) is 0. The monoisotopic (exact) mass is 251 g/mol. The van der Waals surface area contributed by atoms with Crippen molar-refractivity contribution < 1.29 is 4.42 Å². The van der Waals surface area contributed by atoms with Crippen molar-refractivity contribution in [3.05, 3.63) is 23.2 Å². The van der Waals surface area contributed by atoms with Gasteiger partial charge in [0.05, 0.1) is 5.69 Å². The standard InChI is InChI=1S/C10H13N5OS/c1-5-4-8(14-9(12-5)15-11)17-10-13-6(2)7(3)16-10/h4H,11H2,1-3H3,(H,12,14,15).